The highest BCUT2D eigenvalue weighted by Crippen LogP contribution is 2.30. The van der Waals surface area contributed by atoms with E-state index in [1.807, 2.05) is 0 Å². The number of imidazole rings is 1. The first-order chi connectivity index (χ1) is 11.1. The third-order valence-electron chi connectivity index (χ3n) is 3.11. The van der Waals surface area contributed by atoms with Crippen molar-refractivity contribution < 1.29 is 17.9 Å². The molecule has 5 nitrogen and oxygen atoms in total. The maximum absolute atomic E-state index is 12.9. The fourth-order valence-electron chi connectivity index (χ4n) is 1.80. The van der Waals surface area contributed by atoms with Crippen LogP contribution in [0, 0.1) is 0 Å². The maximum atomic E-state index is 12.9. The standard InChI is InChI=1S/C14H18BrF3N4OSi/c1-24(2,3)5-4-23-9-22-8-11(14(16,17)18)21-13(22)12-19-6-10(15)7-20-12/h6-8H,4-5,9H2,1-3H3. The zero-order valence-corrected chi connectivity index (χ0v) is 16.1. The Balaban J connectivity index is 2.21. The van der Waals surface area contributed by atoms with Gasteiger partial charge in [-0.05, 0) is 22.0 Å². The van der Waals surface area contributed by atoms with E-state index >= 15 is 0 Å². The van der Waals surface area contributed by atoms with E-state index < -0.39 is 19.9 Å². The summed E-state index contributed by atoms with van der Waals surface area (Å²) in [5.74, 6) is 0.144. The molecule has 2 aromatic rings. The molecule has 0 fully saturated rings. The van der Waals surface area contributed by atoms with E-state index in [4.69, 9.17) is 4.74 Å². The maximum Gasteiger partial charge on any atom is 0.434 e. The summed E-state index contributed by atoms with van der Waals surface area (Å²) in [6.07, 6.45) is -0.690. The van der Waals surface area contributed by atoms with Crippen molar-refractivity contribution in [2.75, 3.05) is 6.61 Å². The lowest BCUT2D eigenvalue weighted by Crippen LogP contribution is -2.22. The third-order valence-corrected chi connectivity index (χ3v) is 5.23. The van der Waals surface area contributed by atoms with Gasteiger partial charge in [-0.25, -0.2) is 15.0 Å². The van der Waals surface area contributed by atoms with Crippen LogP contribution in [0.25, 0.3) is 11.6 Å². The van der Waals surface area contributed by atoms with Crippen molar-refractivity contribution in [3.05, 3.63) is 28.8 Å². The topological polar surface area (TPSA) is 52.8 Å². The SMILES string of the molecule is C[Si](C)(C)CCOCn1cc(C(F)(F)F)nc1-c1ncc(Br)cn1. The molecule has 0 spiro atoms. The van der Waals surface area contributed by atoms with Crippen molar-refractivity contribution >= 4 is 24.0 Å². The van der Waals surface area contributed by atoms with Gasteiger partial charge < -0.3 is 9.30 Å². The Morgan fingerprint density at radius 1 is 1.21 bits per heavy atom. The van der Waals surface area contributed by atoms with Crippen LogP contribution >= 0.6 is 15.9 Å². The van der Waals surface area contributed by atoms with Crippen LogP contribution in [-0.4, -0.2) is 34.2 Å². The molecule has 0 aliphatic carbocycles. The largest absolute Gasteiger partial charge is 0.434 e. The number of halogens is 4. The molecule has 0 N–H and O–H groups in total. The Morgan fingerprint density at radius 2 is 1.83 bits per heavy atom. The second-order valence-electron chi connectivity index (χ2n) is 6.49. The molecule has 0 bridgehead atoms. The van der Waals surface area contributed by atoms with Gasteiger partial charge in [-0.3, -0.25) is 0 Å². The third kappa shape index (κ3) is 5.38. The van der Waals surface area contributed by atoms with Crippen molar-refractivity contribution in [1.82, 2.24) is 19.5 Å². The second kappa shape index (κ2) is 7.32. The summed E-state index contributed by atoms with van der Waals surface area (Å²) in [5.41, 5.74) is -0.988. The van der Waals surface area contributed by atoms with Crippen molar-refractivity contribution in [3.8, 4) is 11.6 Å². The molecule has 0 aliphatic rings. The van der Waals surface area contributed by atoms with Crippen LogP contribution in [0.4, 0.5) is 13.2 Å². The van der Waals surface area contributed by atoms with Crippen LogP contribution in [0.15, 0.2) is 23.1 Å². The van der Waals surface area contributed by atoms with Crippen molar-refractivity contribution in [1.29, 1.82) is 0 Å². The molecule has 2 aromatic heterocycles. The Hall–Kier alpha value is -1.26. The number of aromatic nitrogens is 4. The van der Waals surface area contributed by atoms with Crippen LogP contribution in [0.2, 0.25) is 25.7 Å². The molecule has 0 atom stereocenters. The normalized spacial score (nSPS) is 12.6. The van der Waals surface area contributed by atoms with Gasteiger partial charge in [0.05, 0.1) is 4.47 Å². The van der Waals surface area contributed by atoms with Gasteiger partial charge in [0.2, 0.25) is 0 Å². The van der Waals surface area contributed by atoms with Gasteiger partial charge in [-0.15, -0.1) is 0 Å². The number of alkyl halides is 3. The van der Waals surface area contributed by atoms with Gasteiger partial charge >= 0.3 is 6.18 Å². The zero-order valence-electron chi connectivity index (χ0n) is 13.6. The van der Waals surface area contributed by atoms with E-state index in [0.717, 1.165) is 12.2 Å². The Kier molecular flexibility index (Phi) is 5.81. The summed E-state index contributed by atoms with van der Waals surface area (Å²) in [6, 6.07) is 0.929. The molecule has 0 unspecified atom stereocenters. The first kappa shape index (κ1) is 19.1. The van der Waals surface area contributed by atoms with E-state index in [9.17, 15) is 13.2 Å². The lowest BCUT2D eigenvalue weighted by Gasteiger charge is -2.15. The average Bonchev–Trinajstić information content (AvgIpc) is 2.88. The Morgan fingerprint density at radius 3 is 2.38 bits per heavy atom. The van der Waals surface area contributed by atoms with Crippen molar-refractivity contribution in [2.24, 2.45) is 0 Å². The molecule has 24 heavy (non-hydrogen) atoms. The monoisotopic (exact) mass is 422 g/mol. The molecule has 0 radical (unpaired) electrons. The first-order valence-electron chi connectivity index (χ1n) is 7.26. The van der Waals surface area contributed by atoms with E-state index in [1.165, 1.54) is 17.0 Å². The number of hydrogen-bond donors (Lipinski definition) is 0. The quantitative estimate of drug-likeness (QED) is 0.510. The minimum Gasteiger partial charge on any atom is -0.361 e. The second-order valence-corrected chi connectivity index (χ2v) is 13.0. The van der Waals surface area contributed by atoms with E-state index in [0.29, 0.717) is 11.1 Å². The number of rotatable bonds is 6. The van der Waals surface area contributed by atoms with E-state index in [-0.39, 0.29) is 18.4 Å². The summed E-state index contributed by atoms with van der Waals surface area (Å²) in [6.45, 7) is 7.08. The van der Waals surface area contributed by atoms with Crippen molar-refractivity contribution in [3.63, 3.8) is 0 Å². The summed E-state index contributed by atoms with van der Waals surface area (Å²) in [5, 5.41) is 0. The number of hydrogen-bond acceptors (Lipinski definition) is 4. The number of nitrogens with zero attached hydrogens (tertiary/aromatic N) is 4. The molecular formula is C14H18BrF3N4OSi. The minimum atomic E-state index is -4.53. The highest BCUT2D eigenvalue weighted by Gasteiger charge is 2.35. The van der Waals surface area contributed by atoms with Crippen LogP contribution in [-0.2, 0) is 17.6 Å². The zero-order chi connectivity index (χ0) is 18.0. The highest BCUT2D eigenvalue weighted by atomic mass is 79.9. The van der Waals surface area contributed by atoms with Crippen LogP contribution in [0.5, 0.6) is 0 Å². The van der Waals surface area contributed by atoms with Crippen LogP contribution < -0.4 is 0 Å². The van der Waals surface area contributed by atoms with E-state index in [1.54, 1.807) is 0 Å². The molecular weight excluding hydrogens is 405 g/mol. The smallest absolute Gasteiger partial charge is 0.361 e. The van der Waals surface area contributed by atoms with Gasteiger partial charge in [-0.1, -0.05) is 19.6 Å². The summed E-state index contributed by atoms with van der Waals surface area (Å²) in [4.78, 5) is 11.7. The van der Waals surface area contributed by atoms with Crippen molar-refractivity contribution in [2.45, 2.75) is 38.6 Å². The lowest BCUT2D eigenvalue weighted by molar-refractivity contribution is -0.141. The molecule has 0 aliphatic heterocycles. The van der Waals surface area contributed by atoms with Gasteiger partial charge in [0.15, 0.2) is 17.3 Å². The molecule has 0 aromatic carbocycles. The molecule has 0 saturated heterocycles. The molecule has 0 amide bonds. The summed E-state index contributed by atoms with van der Waals surface area (Å²) in [7, 11) is -1.26. The summed E-state index contributed by atoms with van der Waals surface area (Å²) >= 11 is 3.19. The van der Waals surface area contributed by atoms with Crippen LogP contribution in [0.3, 0.4) is 0 Å². The fraction of sp³-hybridized carbons (Fsp3) is 0.500. The Bertz CT molecular complexity index is 683. The fourth-order valence-corrected chi connectivity index (χ4v) is 2.76. The van der Waals surface area contributed by atoms with Gasteiger partial charge in [-0.2, -0.15) is 13.2 Å². The minimum absolute atomic E-state index is 0.0255. The Labute approximate surface area is 147 Å². The highest BCUT2D eigenvalue weighted by molar-refractivity contribution is 9.10. The molecule has 2 heterocycles. The predicted octanol–water partition coefficient (Wildman–Crippen LogP) is 4.43. The lowest BCUT2D eigenvalue weighted by atomic mass is 10.5. The molecule has 132 valence electrons. The molecule has 0 saturated carbocycles. The average molecular weight is 423 g/mol. The summed E-state index contributed by atoms with van der Waals surface area (Å²) < 4.78 is 46.3. The molecule has 2 rings (SSSR count). The first-order valence-corrected chi connectivity index (χ1v) is 11.8. The van der Waals surface area contributed by atoms with Crippen LogP contribution in [0.1, 0.15) is 5.69 Å². The van der Waals surface area contributed by atoms with Gasteiger partial charge in [0, 0.05) is 33.3 Å². The number of ether oxygens (including phenoxy) is 1. The van der Waals surface area contributed by atoms with Gasteiger partial charge in [0.25, 0.3) is 0 Å². The molecule has 10 heteroatoms. The van der Waals surface area contributed by atoms with Gasteiger partial charge in [0.1, 0.15) is 6.73 Å². The predicted molar refractivity (Wildman–Crippen MR) is 90.1 cm³/mol. The van der Waals surface area contributed by atoms with E-state index in [2.05, 4.69) is 50.5 Å².